The Morgan fingerprint density at radius 3 is 2.44 bits per heavy atom. The first kappa shape index (κ1) is 15.6. The number of ether oxygens (including phenoxy) is 1. The van der Waals surface area contributed by atoms with E-state index in [1.54, 1.807) is 7.11 Å². The van der Waals surface area contributed by atoms with Crippen LogP contribution in [0.25, 0.3) is 0 Å². The third-order valence-corrected chi connectivity index (χ3v) is 4.02. The highest BCUT2D eigenvalue weighted by Gasteiger charge is 2.27. The smallest absolute Gasteiger partial charge is 0.0589 e. The fourth-order valence-electron chi connectivity index (χ4n) is 1.90. The topological polar surface area (TPSA) is 38.5 Å². The predicted octanol–water partition coefficient (Wildman–Crippen LogP) is 2.29. The number of rotatable bonds is 7. The molecular weight excluding hydrogens is 292 g/mol. The molecule has 0 bridgehead atoms. The van der Waals surface area contributed by atoms with E-state index in [-0.39, 0.29) is 5.54 Å². The molecule has 0 aliphatic rings. The van der Waals surface area contributed by atoms with Crippen molar-refractivity contribution in [2.24, 2.45) is 5.73 Å². The molecule has 0 spiro atoms. The monoisotopic (exact) mass is 314 g/mol. The molecule has 0 aliphatic carbocycles. The van der Waals surface area contributed by atoms with Crippen molar-refractivity contribution in [3.63, 3.8) is 0 Å². The number of benzene rings is 1. The first-order chi connectivity index (χ1) is 8.51. The van der Waals surface area contributed by atoms with Gasteiger partial charge in [-0.05, 0) is 38.1 Å². The average Bonchev–Trinajstić information content (AvgIpc) is 2.38. The van der Waals surface area contributed by atoms with Crippen molar-refractivity contribution in [3.8, 4) is 0 Å². The van der Waals surface area contributed by atoms with Gasteiger partial charge in [0.2, 0.25) is 0 Å². The van der Waals surface area contributed by atoms with E-state index >= 15 is 0 Å². The van der Waals surface area contributed by atoms with Crippen LogP contribution in [0.15, 0.2) is 28.7 Å². The molecule has 0 amide bonds. The molecule has 2 N–H and O–H groups in total. The minimum Gasteiger partial charge on any atom is -0.383 e. The van der Waals surface area contributed by atoms with Crippen LogP contribution in [0.3, 0.4) is 0 Å². The fourth-order valence-corrected chi connectivity index (χ4v) is 2.17. The maximum atomic E-state index is 5.97. The summed E-state index contributed by atoms with van der Waals surface area (Å²) in [5.41, 5.74) is 7.23. The van der Waals surface area contributed by atoms with Crippen molar-refractivity contribution >= 4 is 15.9 Å². The van der Waals surface area contributed by atoms with E-state index in [4.69, 9.17) is 10.5 Å². The first-order valence-corrected chi connectivity index (χ1v) is 6.96. The standard InChI is InChI=1S/C14H23BrN2O/c1-14(11-16,17(2)8-9-18-3)10-12-4-6-13(15)7-5-12/h4-7H,8-11,16H2,1-3H3. The lowest BCUT2D eigenvalue weighted by molar-refractivity contribution is 0.0942. The number of halogens is 1. The van der Waals surface area contributed by atoms with Gasteiger partial charge in [0.1, 0.15) is 0 Å². The van der Waals surface area contributed by atoms with Gasteiger partial charge in [0.05, 0.1) is 6.61 Å². The van der Waals surface area contributed by atoms with Crippen LogP contribution in [0.4, 0.5) is 0 Å². The maximum Gasteiger partial charge on any atom is 0.0589 e. The van der Waals surface area contributed by atoms with E-state index in [0.717, 1.165) is 24.0 Å². The third-order valence-electron chi connectivity index (χ3n) is 3.49. The number of hydrogen-bond donors (Lipinski definition) is 1. The second-order valence-corrected chi connectivity index (χ2v) is 5.83. The highest BCUT2D eigenvalue weighted by Crippen LogP contribution is 2.20. The van der Waals surface area contributed by atoms with Gasteiger partial charge in [-0.15, -0.1) is 0 Å². The molecule has 0 radical (unpaired) electrons. The number of hydrogen-bond acceptors (Lipinski definition) is 3. The van der Waals surface area contributed by atoms with Gasteiger partial charge in [0, 0.05) is 30.2 Å². The molecule has 4 heteroatoms. The molecule has 1 aromatic rings. The van der Waals surface area contributed by atoms with Crippen LogP contribution in [0.1, 0.15) is 12.5 Å². The van der Waals surface area contributed by atoms with E-state index in [1.807, 2.05) is 0 Å². The summed E-state index contributed by atoms with van der Waals surface area (Å²) in [5.74, 6) is 0. The largest absolute Gasteiger partial charge is 0.383 e. The van der Waals surface area contributed by atoms with Crippen LogP contribution in [-0.4, -0.2) is 44.3 Å². The molecule has 0 aliphatic heterocycles. The Labute approximate surface area is 118 Å². The van der Waals surface area contributed by atoms with Crippen molar-refractivity contribution in [2.75, 3.05) is 33.9 Å². The van der Waals surface area contributed by atoms with E-state index in [0.29, 0.717) is 6.54 Å². The Morgan fingerprint density at radius 2 is 1.94 bits per heavy atom. The normalized spacial score (nSPS) is 14.8. The SMILES string of the molecule is COCCN(C)C(C)(CN)Cc1ccc(Br)cc1. The van der Waals surface area contributed by atoms with Crippen molar-refractivity contribution in [2.45, 2.75) is 18.9 Å². The summed E-state index contributed by atoms with van der Waals surface area (Å²) in [6.45, 7) is 4.45. The van der Waals surface area contributed by atoms with Crippen LogP contribution in [-0.2, 0) is 11.2 Å². The number of methoxy groups -OCH3 is 1. The van der Waals surface area contributed by atoms with Gasteiger partial charge in [-0.1, -0.05) is 28.1 Å². The van der Waals surface area contributed by atoms with Gasteiger partial charge in [-0.3, -0.25) is 4.90 Å². The molecule has 102 valence electrons. The van der Waals surface area contributed by atoms with E-state index in [2.05, 4.69) is 59.1 Å². The summed E-state index contributed by atoms with van der Waals surface area (Å²) in [5, 5.41) is 0. The zero-order valence-corrected chi connectivity index (χ0v) is 13.0. The van der Waals surface area contributed by atoms with Crippen LogP contribution < -0.4 is 5.73 Å². The number of nitrogens with zero attached hydrogens (tertiary/aromatic N) is 1. The molecule has 1 aromatic carbocycles. The zero-order valence-electron chi connectivity index (χ0n) is 11.4. The highest BCUT2D eigenvalue weighted by molar-refractivity contribution is 9.10. The van der Waals surface area contributed by atoms with Gasteiger partial charge in [0.25, 0.3) is 0 Å². The summed E-state index contributed by atoms with van der Waals surface area (Å²) in [4.78, 5) is 2.28. The molecule has 0 aromatic heterocycles. The summed E-state index contributed by atoms with van der Waals surface area (Å²) in [6.07, 6.45) is 0.941. The van der Waals surface area contributed by atoms with Crippen molar-refractivity contribution < 1.29 is 4.74 Å². The lowest BCUT2D eigenvalue weighted by Gasteiger charge is -2.38. The third kappa shape index (κ3) is 4.35. The Balaban J connectivity index is 2.72. The molecular formula is C14H23BrN2O. The number of likely N-dealkylation sites (N-methyl/N-ethyl adjacent to an activating group) is 1. The lowest BCUT2D eigenvalue weighted by Crippen LogP contribution is -2.52. The minimum absolute atomic E-state index is 0.0354. The fraction of sp³-hybridized carbons (Fsp3) is 0.571. The Bertz CT molecular complexity index is 355. The molecule has 1 unspecified atom stereocenters. The maximum absolute atomic E-state index is 5.97. The van der Waals surface area contributed by atoms with E-state index in [9.17, 15) is 0 Å². The quantitative estimate of drug-likeness (QED) is 0.839. The highest BCUT2D eigenvalue weighted by atomic mass is 79.9. The molecule has 18 heavy (non-hydrogen) atoms. The van der Waals surface area contributed by atoms with Gasteiger partial charge in [-0.2, -0.15) is 0 Å². The van der Waals surface area contributed by atoms with Crippen molar-refractivity contribution in [1.29, 1.82) is 0 Å². The zero-order chi connectivity index (χ0) is 13.6. The van der Waals surface area contributed by atoms with Gasteiger partial charge in [-0.25, -0.2) is 0 Å². The molecule has 0 saturated heterocycles. The Morgan fingerprint density at radius 1 is 1.33 bits per heavy atom. The average molecular weight is 315 g/mol. The summed E-state index contributed by atoms with van der Waals surface area (Å²) in [6, 6.07) is 8.42. The molecule has 1 atom stereocenters. The van der Waals surface area contributed by atoms with E-state index in [1.165, 1.54) is 5.56 Å². The number of nitrogens with two attached hydrogens (primary N) is 1. The van der Waals surface area contributed by atoms with Crippen molar-refractivity contribution in [3.05, 3.63) is 34.3 Å². The van der Waals surface area contributed by atoms with Crippen LogP contribution in [0.2, 0.25) is 0 Å². The van der Waals surface area contributed by atoms with E-state index < -0.39 is 0 Å². The Kier molecular flexibility index (Phi) is 6.29. The summed E-state index contributed by atoms with van der Waals surface area (Å²) < 4.78 is 6.23. The second kappa shape index (κ2) is 7.24. The minimum atomic E-state index is -0.0354. The van der Waals surface area contributed by atoms with Gasteiger partial charge < -0.3 is 10.5 Å². The first-order valence-electron chi connectivity index (χ1n) is 6.16. The molecule has 1 rings (SSSR count). The molecule has 0 heterocycles. The summed E-state index contributed by atoms with van der Waals surface area (Å²) in [7, 11) is 3.83. The van der Waals surface area contributed by atoms with Gasteiger partial charge in [0.15, 0.2) is 0 Å². The molecule has 0 saturated carbocycles. The Hall–Kier alpha value is -0.420. The summed E-state index contributed by atoms with van der Waals surface area (Å²) >= 11 is 3.45. The lowest BCUT2D eigenvalue weighted by atomic mass is 9.91. The van der Waals surface area contributed by atoms with Crippen molar-refractivity contribution in [1.82, 2.24) is 4.90 Å². The predicted molar refractivity (Wildman–Crippen MR) is 79.8 cm³/mol. The molecule has 3 nitrogen and oxygen atoms in total. The molecule has 0 fully saturated rings. The second-order valence-electron chi connectivity index (χ2n) is 4.92. The van der Waals surface area contributed by atoms with Gasteiger partial charge >= 0.3 is 0 Å². The van der Waals surface area contributed by atoms with Crippen LogP contribution in [0, 0.1) is 0 Å². The van der Waals surface area contributed by atoms with Crippen LogP contribution in [0.5, 0.6) is 0 Å². The van der Waals surface area contributed by atoms with Crippen LogP contribution >= 0.6 is 15.9 Å².